The molecule has 23 heavy (non-hydrogen) atoms. The molecule has 0 aliphatic carbocycles. The molecule has 1 heteroatoms. The molecule has 0 spiro atoms. The number of hydrogen-bond donors (Lipinski definition) is 0. The maximum Gasteiger partial charge on any atom is 0.0188 e. The van der Waals surface area contributed by atoms with E-state index in [-0.39, 0.29) is 0 Å². The van der Waals surface area contributed by atoms with Crippen LogP contribution in [0, 0.1) is 0 Å². The van der Waals surface area contributed by atoms with Crippen molar-refractivity contribution < 1.29 is 0 Å². The van der Waals surface area contributed by atoms with Gasteiger partial charge in [0.05, 0.1) is 0 Å². The molecule has 1 heterocycles. The van der Waals surface area contributed by atoms with Crippen LogP contribution in [-0.4, -0.2) is 0 Å². The first-order valence-corrected chi connectivity index (χ1v) is 9.15. The minimum absolute atomic E-state index is 1.07. The highest BCUT2D eigenvalue weighted by molar-refractivity contribution is 7.97. The summed E-state index contributed by atoms with van der Waals surface area (Å²) in [5.74, 6) is 2.14. The van der Waals surface area contributed by atoms with Gasteiger partial charge in [0, 0.05) is 11.5 Å². The van der Waals surface area contributed by atoms with Crippen LogP contribution in [0.3, 0.4) is 0 Å². The molecule has 0 nitrogen and oxygen atoms in total. The van der Waals surface area contributed by atoms with Crippen LogP contribution in [0.5, 0.6) is 0 Å². The molecule has 0 saturated heterocycles. The van der Waals surface area contributed by atoms with Gasteiger partial charge in [-0.15, -0.1) is 0 Å². The summed E-state index contributed by atoms with van der Waals surface area (Å²) in [5.41, 5.74) is 5.52. The summed E-state index contributed by atoms with van der Waals surface area (Å²) in [6.45, 7) is 0. The first kappa shape index (κ1) is 13.2. The Morgan fingerprint density at radius 1 is 0.565 bits per heavy atom. The van der Waals surface area contributed by atoms with Crippen molar-refractivity contribution in [2.24, 2.45) is 0 Å². The zero-order valence-corrected chi connectivity index (χ0v) is 13.6. The third kappa shape index (κ3) is 2.15. The molecule has 4 aromatic rings. The first-order valence-electron chi connectivity index (χ1n) is 8.00. The summed E-state index contributed by atoms with van der Waals surface area (Å²) in [4.78, 5) is 0. The molecule has 1 aliphatic heterocycles. The number of hydrogen-bond acceptors (Lipinski definition) is 1. The highest BCUT2D eigenvalue weighted by Crippen LogP contribution is 2.36. The second-order valence-corrected chi connectivity index (χ2v) is 7.20. The van der Waals surface area contributed by atoms with Crippen LogP contribution in [0.4, 0.5) is 0 Å². The molecule has 0 unspecified atom stereocenters. The van der Waals surface area contributed by atoms with Crippen LogP contribution >= 0.6 is 11.8 Å². The minimum Gasteiger partial charge on any atom is -0.152 e. The van der Waals surface area contributed by atoms with Crippen molar-refractivity contribution >= 4 is 33.3 Å². The van der Waals surface area contributed by atoms with Crippen molar-refractivity contribution in [3.8, 4) is 11.1 Å². The van der Waals surface area contributed by atoms with E-state index in [2.05, 4.69) is 72.8 Å². The average molecular weight is 312 g/mol. The monoisotopic (exact) mass is 312 g/mol. The molecule has 0 fully saturated rings. The van der Waals surface area contributed by atoms with Crippen LogP contribution in [0.1, 0.15) is 11.1 Å². The van der Waals surface area contributed by atoms with Crippen molar-refractivity contribution in [1.82, 2.24) is 0 Å². The molecule has 5 rings (SSSR count). The highest BCUT2D eigenvalue weighted by atomic mass is 32.2. The molecular weight excluding hydrogens is 296 g/mol. The lowest BCUT2D eigenvalue weighted by Gasteiger charge is -2.11. The molecule has 0 atom stereocenters. The summed E-state index contributed by atoms with van der Waals surface area (Å²) >= 11 is 2.00. The molecule has 0 amide bonds. The molecule has 4 aromatic carbocycles. The summed E-state index contributed by atoms with van der Waals surface area (Å²) in [6.07, 6.45) is 0. The van der Waals surface area contributed by atoms with Crippen molar-refractivity contribution in [2.75, 3.05) is 0 Å². The number of fused-ring (bicyclic) bond motifs is 3. The van der Waals surface area contributed by atoms with Gasteiger partial charge in [0.25, 0.3) is 0 Å². The summed E-state index contributed by atoms with van der Waals surface area (Å²) in [6, 6.07) is 27.1. The lowest BCUT2D eigenvalue weighted by atomic mass is 9.93. The van der Waals surface area contributed by atoms with Gasteiger partial charge >= 0.3 is 0 Å². The van der Waals surface area contributed by atoms with Crippen molar-refractivity contribution in [3.63, 3.8) is 0 Å². The van der Waals surface area contributed by atoms with E-state index in [0.29, 0.717) is 0 Å². The Hall–Kier alpha value is -2.25. The van der Waals surface area contributed by atoms with Crippen LogP contribution in [-0.2, 0) is 11.5 Å². The normalized spacial score (nSPS) is 13.6. The van der Waals surface area contributed by atoms with E-state index in [4.69, 9.17) is 0 Å². The standard InChI is InChI=1S/C22H16S/c1-3-17-9-7-15-11-21(17)19(5-1)20-6-2-4-18-10-8-16(12-22(18)20)14-23-13-15/h1-12H,13-14H2. The SMILES string of the molecule is c1cc2c3cc(ccc3c1)CSCc1ccc3cccc-2c3c1. The van der Waals surface area contributed by atoms with E-state index >= 15 is 0 Å². The van der Waals surface area contributed by atoms with Crippen molar-refractivity contribution in [2.45, 2.75) is 11.5 Å². The van der Waals surface area contributed by atoms with E-state index in [1.807, 2.05) is 11.8 Å². The zero-order chi connectivity index (χ0) is 15.2. The molecule has 4 bridgehead atoms. The van der Waals surface area contributed by atoms with E-state index in [9.17, 15) is 0 Å². The van der Waals surface area contributed by atoms with Crippen LogP contribution in [0.2, 0.25) is 0 Å². The van der Waals surface area contributed by atoms with Crippen LogP contribution in [0.25, 0.3) is 32.7 Å². The van der Waals surface area contributed by atoms with Gasteiger partial charge in [-0.3, -0.25) is 0 Å². The Kier molecular flexibility index (Phi) is 2.95. The van der Waals surface area contributed by atoms with E-state index < -0.39 is 0 Å². The highest BCUT2D eigenvalue weighted by Gasteiger charge is 2.10. The molecule has 0 radical (unpaired) electrons. The lowest BCUT2D eigenvalue weighted by Crippen LogP contribution is -1.86. The Morgan fingerprint density at radius 3 is 1.61 bits per heavy atom. The second-order valence-electron chi connectivity index (χ2n) is 6.21. The topological polar surface area (TPSA) is 0 Å². The molecule has 110 valence electrons. The van der Waals surface area contributed by atoms with Crippen molar-refractivity contribution in [1.29, 1.82) is 0 Å². The zero-order valence-electron chi connectivity index (χ0n) is 12.8. The number of benzene rings is 4. The van der Waals surface area contributed by atoms with Gasteiger partial charge in [0.15, 0.2) is 0 Å². The fourth-order valence-electron chi connectivity index (χ4n) is 3.58. The third-order valence-corrected chi connectivity index (χ3v) is 5.80. The third-order valence-electron chi connectivity index (χ3n) is 4.72. The van der Waals surface area contributed by atoms with Gasteiger partial charge in [-0.1, -0.05) is 60.7 Å². The molecule has 0 aromatic heterocycles. The average Bonchev–Trinajstić information content (AvgIpc) is 2.62. The molecule has 0 saturated carbocycles. The summed E-state index contributed by atoms with van der Waals surface area (Å²) in [5, 5.41) is 5.38. The van der Waals surface area contributed by atoms with E-state index in [0.717, 1.165) is 11.5 Å². The summed E-state index contributed by atoms with van der Waals surface area (Å²) in [7, 11) is 0. The van der Waals surface area contributed by atoms with E-state index in [1.165, 1.54) is 43.8 Å². The van der Waals surface area contributed by atoms with E-state index in [1.54, 1.807) is 0 Å². The van der Waals surface area contributed by atoms with Gasteiger partial charge in [-0.2, -0.15) is 11.8 Å². The first-order chi connectivity index (χ1) is 11.4. The maximum absolute atomic E-state index is 2.38. The largest absolute Gasteiger partial charge is 0.152 e. The van der Waals surface area contributed by atoms with Gasteiger partial charge in [-0.05, 0) is 55.9 Å². The van der Waals surface area contributed by atoms with Gasteiger partial charge in [0.2, 0.25) is 0 Å². The predicted molar refractivity (Wildman–Crippen MR) is 102 cm³/mol. The van der Waals surface area contributed by atoms with Crippen LogP contribution < -0.4 is 0 Å². The molecular formula is C22H16S. The minimum atomic E-state index is 1.07. The summed E-state index contributed by atoms with van der Waals surface area (Å²) < 4.78 is 0. The lowest BCUT2D eigenvalue weighted by molar-refractivity contribution is 1.39. The number of thioether (sulfide) groups is 1. The Labute approximate surface area is 140 Å². The van der Waals surface area contributed by atoms with Crippen LogP contribution in [0.15, 0.2) is 72.8 Å². The molecule has 0 N–H and O–H groups in total. The molecule has 1 aliphatic rings. The maximum atomic E-state index is 2.38. The Balaban J connectivity index is 1.96. The Morgan fingerprint density at radius 2 is 1.09 bits per heavy atom. The smallest absolute Gasteiger partial charge is 0.0188 e. The predicted octanol–water partition coefficient (Wildman–Crippen LogP) is 6.41. The van der Waals surface area contributed by atoms with Gasteiger partial charge in [-0.25, -0.2) is 0 Å². The Bertz CT molecular complexity index is 961. The fourth-order valence-corrected chi connectivity index (χ4v) is 4.51. The number of rotatable bonds is 0. The van der Waals surface area contributed by atoms with Gasteiger partial charge in [0.1, 0.15) is 0 Å². The quantitative estimate of drug-likeness (QED) is 0.361. The second kappa shape index (κ2) is 5.14. The fraction of sp³-hybridized carbons (Fsp3) is 0.0909. The van der Waals surface area contributed by atoms with Gasteiger partial charge < -0.3 is 0 Å². The van der Waals surface area contributed by atoms with Crippen molar-refractivity contribution in [3.05, 3.63) is 83.9 Å².